The molecule has 4 aliphatic heterocycles. The van der Waals surface area contributed by atoms with Gasteiger partial charge in [0, 0.05) is 37.8 Å². The Morgan fingerprint density at radius 2 is 1.05 bits per heavy atom. The van der Waals surface area contributed by atoms with Crippen molar-refractivity contribution in [3.63, 3.8) is 0 Å². The van der Waals surface area contributed by atoms with Gasteiger partial charge in [-0.25, -0.2) is 9.59 Å². The van der Waals surface area contributed by atoms with E-state index in [0.717, 1.165) is 119 Å². The van der Waals surface area contributed by atoms with Crippen molar-refractivity contribution in [1.82, 2.24) is 9.80 Å². The molecular formula is C73H104N2O8. The molecule has 4 saturated heterocycles. The number of Topliss-reactive ketones (excluding diaryl/α,β-unsaturated/α-hetero) is 1. The number of carbonyl (C=O) groups excluding carboxylic acids is 3. The van der Waals surface area contributed by atoms with Crippen molar-refractivity contribution in [2.24, 2.45) is 81.8 Å². The maximum Gasteiger partial charge on any atom is 0.410 e. The number of amides is 2. The number of ether oxygens (including phenoxy) is 4. The number of hydrogen-bond acceptors (Lipinski definition) is 8. The molecule has 10 nitrogen and oxygen atoms in total. The van der Waals surface area contributed by atoms with Crippen LogP contribution in [0.5, 0.6) is 0 Å². The number of benzene rings is 2. The maximum absolute atomic E-state index is 13.5. The number of aliphatic hydroxyl groups is 1. The molecule has 21 atom stereocenters. The van der Waals surface area contributed by atoms with Crippen LogP contribution in [0.1, 0.15) is 202 Å². The van der Waals surface area contributed by atoms with Crippen molar-refractivity contribution in [3.8, 4) is 0 Å². The van der Waals surface area contributed by atoms with Crippen LogP contribution in [-0.2, 0) is 37.0 Å². The lowest BCUT2D eigenvalue weighted by Gasteiger charge is -2.53. The van der Waals surface area contributed by atoms with E-state index in [9.17, 15) is 19.5 Å². The minimum Gasteiger partial charge on any atom is -0.445 e. The molecule has 14 rings (SSSR count). The largest absolute Gasteiger partial charge is 0.445 e. The topological polar surface area (TPSA) is 115 Å². The maximum atomic E-state index is 13.5. The van der Waals surface area contributed by atoms with E-state index in [4.69, 9.17) is 18.9 Å². The van der Waals surface area contributed by atoms with Crippen LogP contribution in [0.4, 0.5) is 9.59 Å². The lowest BCUT2D eigenvalue weighted by atomic mass is 9.52. The van der Waals surface area contributed by atoms with E-state index in [1.807, 2.05) is 70.5 Å². The fourth-order valence-corrected chi connectivity index (χ4v) is 21.9. The molecule has 0 bridgehead atoms. The monoisotopic (exact) mass is 1140 g/mol. The molecule has 2 amide bonds. The Morgan fingerprint density at radius 1 is 0.590 bits per heavy atom. The van der Waals surface area contributed by atoms with Gasteiger partial charge in [-0.15, -0.1) is 0 Å². The zero-order valence-electron chi connectivity index (χ0n) is 51.3. The molecule has 10 fully saturated rings. The van der Waals surface area contributed by atoms with Gasteiger partial charge in [0.15, 0.2) is 0 Å². The average molecular weight is 1140 g/mol. The molecule has 10 heteroatoms. The van der Waals surface area contributed by atoms with E-state index in [2.05, 4.69) is 55.4 Å². The summed E-state index contributed by atoms with van der Waals surface area (Å²) in [6, 6.07) is 20.1. The smallest absolute Gasteiger partial charge is 0.410 e. The Hall–Kier alpha value is -3.99. The normalized spacial score (nSPS) is 44.1. The molecule has 83 heavy (non-hydrogen) atoms. The highest BCUT2D eigenvalue weighted by molar-refractivity contribution is 5.79. The highest BCUT2D eigenvalue weighted by Gasteiger charge is 2.63. The summed E-state index contributed by atoms with van der Waals surface area (Å²) in [5.74, 6) is 7.54. The summed E-state index contributed by atoms with van der Waals surface area (Å²) in [6.07, 6.45) is 21.9. The second-order valence-electron chi connectivity index (χ2n) is 30.5. The molecular weight excluding hydrogens is 1030 g/mol. The Balaban J connectivity index is 0.000000162. The molecule has 2 aromatic carbocycles. The van der Waals surface area contributed by atoms with Crippen molar-refractivity contribution in [1.29, 1.82) is 0 Å². The Bertz CT molecular complexity index is 2780. The molecule has 1 N–H and O–H groups in total. The van der Waals surface area contributed by atoms with E-state index in [1.165, 1.54) is 57.8 Å². The van der Waals surface area contributed by atoms with Gasteiger partial charge in [0.2, 0.25) is 0 Å². The Morgan fingerprint density at radius 3 is 1.53 bits per heavy atom. The van der Waals surface area contributed by atoms with Crippen LogP contribution in [0, 0.1) is 81.8 Å². The molecule has 2 aromatic rings. The minimum atomic E-state index is -0.202. The van der Waals surface area contributed by atoms with E-state index < -0.39 is 0 Å². The van der Waals surface area contributed by atoms with Gasteiger partial charge in [0.1, 0.15) is 19.0 Å². The van der Waals surface area contributed by atoms with Crippen molar-refractivity contribution >= 4 is 18.0 Å². The zero-order valence-corrected chi connectivity index (χ0v) is 51.3. The first kappa shape index (κ1) is 59.3. The second-order valence-corrected chi connectivity index (χ2v) is 30.5. The van der Waals surface area contributed by atoms with Gasteiger partial charge >= 0.3 is 12.2 Å². The van der Waals surface area contributed by atoms with Gasteiger partial charge in [0.25, 0.3) is 0 Å². The number of carbonyl (C=O) groups is 3. The molecule has 2 spiro atoms. The fourth-order valence-electron chi connectivity index (χ4n) is 21.9. The predicted molar refractivity (Wildman–Crippen MR) is 326 cm³/mol. The van der Waals surface area contributed by atoms with Crippen LogP contribution in [0.2, 0.25) is 0 Å². The summed E-state index contributed by atoms with van der Waals surface area (Å²) in [5.41, 5.74) is 9.00. The minimum absolute atomic E-state index is 0. The van der Waals surface area contributed by atoms with E-state index in [-0.39, 0.29) is 73.0 Å². The first-order chi connectivity index (χ1) is 39.4. The van der Waals surface area contributed by atoms with Crippen molar-refractivity contribution in [2.75, 3.05) is 13.1 Å². The highest BCUT2D eigenvalue weighted by atomic mass is 16.6. The first-order valence-corrected chi connectivity index (χ1v) is 33.2. The molecule has 0 unspecified atom stereocenters. The quantitative estimate of drug-likeness (QED) is 0.301. The summed E-state index contributed by atoms with van der Waals surface area (Å²) in [6.45, 7) is 21.2. The van der Waals surface area contributed by atoms with Crippen molar-refractivity contribution in [2.45, 2.75) is 246 Å². The van der Waals surface area contributed by atoms with Crippen molar-refractivity contribution in [3.05, 3.63) is 94.1 Å². The van der Waals surface area contributed by atoms with Gasteiger partial charge in [-0.1, -0.05) is 132 Å². The van der Waals surface area contributed by atoms with Gasteiger partial charge in [-0.05, 0) is 211 Å². The number of rotatable bonds is 4. The molecule has 454 valence electrons. The van der Waals surface area contributed by atoms with E-state index in [0.29, 0.717) is 65.3 Å². The first-order valence-electron chi connectivity index (χ1n) is 33.2. The lowest BCUT2D eigenvalue weighted by Crippen LogP contribution is -2.54. The number of aliphatic hydroxyl groups excluding tert-OH is 1. The number of fused-ring (bicyclic) bond motifs is 12. The molecule has 0 aromatic heterocycles. The number of likely N-dealkylation sites (tertiary alicyclic amines) is 2. The third-order valence-electron chi connectivity index (χ3n) is 26.2. The third kappa shape index (κ3) is 10.4. The second kappa shape index (κ2) is 22.9. The SMILES string of the molecule is C.CC1=C2C[C@H]3[C@@H](CC[C@@H]4CC(=O)CC[C@@]43C)[C@@H]2CC[C@@]2(C1)O[C@@H]1C[C@H](C)CN(C(=O)OCc3ccccc3)[C@H]1[C@H]2C.CC1=C2C[C@H]3[C@@H](CC[C@@H]4C[C@@H](O)CC[C@@]43C)[C@@H]2CC[C@@]2(C1)O[C@@H]1C[C@H](C)CN(C(=O)OCc3ccccc3)[C@H]1[C@H]2C. The van der Waals surface area contributed by atoms with Gasteiger partial charge in [-0.2, -0.15) is 0 Å². The van der Waals surface area contributed by atoms with Crippen molar-refractivity contribution < 1.29 is 38.4 Å². The predicted octanol–water partition coefficient (Wildman–Crippen LogP) is 15.9. The molecule has 6 saturated carbocycles. The van der Waals surface area contributed by atoms with Crippen LogP contribution in [0.25, 0.3) is 0 Å². The third-order valence-corrected chi connectivity index (χ3v) is 26.2. The summed E-state index contributed by atoms with van der Waals surface area (Å²) in [7, 11) is 0. The summed E-state index contributed by atoms with van der Waals surface area (Å²) < 4.78 is 26.1. The zero-order chi connectivity index (χ0) is 57.0. The fraction of sp³-hybridized carbons (Fsp3) is 0.740. The molecule has 4 heterocycles. The molecule has 8 aliphatic carbocycles. The van der Waals surface area contributed by atoms with Crippen LogP contribution >= 0.6 is 0 Å². The van der Waals surface area contributed by atoms with Gasteiger partial charge < -0.3 is 33.9 Å². The Kier molecular flexibility index (Phi) is 16.4. The van der Waals surface area contributed by atoms with Gasteiger partial charge in [0.05, 0.1) is 41.6 Å². The van der Waals surface area contributed by atoms with Crippen LogP contribution in [-0.4, -0.2) is 87.6 Å². The van der Waals surface area contributed by atoms with E-state index in [1.54, 1.807) is 22.3 Å². The van der Waals surface area contributed by atoms with Crippen LogP contribution in [0.3, 0.4) is 0 Å². The number of allylic oxidation sites excluding steroid dienone is 2. The number of hydrogen-bond donors (Lipinski definition) is 1. The number of piperidine rings is 2. The van der Waals surface area contributed by atoms with Crippen LogP contribution < -0.4 is 0 Å². The summed E-state index contributed by atoms with van der Waals surface area (Å²) in [4.78, 5) is 43.4. The van der Waals surface area contributed by atoms with Gasteiger partial charge in [-0.3, -0.25) is 4.79 Å². The number of ketones is 1. The number of nitrogens with zero attached hydrogens (tertiary/aromatic N) is 2. The van der Waals surface area contributed by atoms with Crippen LogP contribution in [0.15, 0.2) is 83.0 Å². The average Bonchev–Trinajstić information content (AvgIpc) is 3.88. The highest BCUT2D eigenvalue weighted by Crippen LogP contribution is 2.67. The molecule has 0 radical (unpaired) electrons. The summed E-state index contributed by atoms with van der Waals surface area (Å²) in [5, 5.41) is 10.4. The van der Waals surface area contributed by atoms with E-state index >= 15 is 0 Å². The lowest BCUT2D eigenvalue weighted by molar-refractivity contribution is -0.129. The molecule has 12 aliphatic rings. The summed E-state index contributed by atoms with van der Waals surface area (Å²) >= 11 is 0. The standard InChI is InChI=1S/C36H51NO4.C36H49NO4.CH4/c2*1-22-16-32-33(37(20-22)34(39)40-21-25-8-6-5-7-9-25)24(3)36(41-32)15-13-28-29-11-10-26-17-27(38)12-14-35(26,4)31(29)18-30(28)23(2)19-36;/h5-9,22,24,26-29,31-33,38H,10-21H2,1-4H3;5-9,22,24,26,28-29,31-33H,10-21H2,1-4H3;1H4/t22-,24+,26+,27-,28-,29-,31-,32+,33-,35-,36-;22-,24+,26+,28-,29-,31-,32+,33-,35-,36-;/m00./s1. The Labute approximate surface area is 499 Å².